The van der Waals surface area contributed by atoms with Crippen LogP contribution in [0.5, 0.6) is 0 Å². The molecule has 2 aliphatic heterocycles. The van der Waals surface area contributed by atoms with Crippen LogP contribution in [-0.2, 0) is 0 Å². The number of fused-ring (bicyclic) bond motifs is 1. The second kappa shape index (κ2) is 1.74. The second-order valence-corrected chi connectivity index (χ2v) is 4.05. The first kappa shape index (κ1) is 6.62. The van der Waals surface area contributed by atoms with Gasteiger partial charge in [-0.2, -0.15) is 0 Å². The average Bonchev–Trinajstić information content (AvgIpc) is 2.40. The summed E-state index contributed by atoms with van der Waals surface area (Å²) in [5.41, 5.74) is 6.68. The fraction of sp³-hybridized carbons (Fsp3) is 1.00. The molecule has 0 aromatic heterocycles. The molecule has 58 valence electrons. The van der Waals surface area contributed by atoms with Crippen molar-refractivity contribution in [2.24, 2.45) is 11.1 Å². The highest BCUT2D eigenvalue weighted by Gasteiger charge is 2.58. The SMILES string of the molecule is CCC12CNC(CN)(C1)C2. The van der Waals surface area contributed by atoms with E-state index >= 15 is 0 Å². The molecule has 0 atom stereocenters. The van der Waals surface area contributed by atoms with Crippen molar-refractivity contribution in [3.63, 3.8) is 0 Å². The van der Waals surface area contributed by atoms with Crippen LogP contribution in [0.25, 0.3) is 0 Å². The molecule has 2 heteroatoms. The van der Waals surface area contributed by atoms with Crippen LogP contribution in [0.1, 0.15) is 26.2 Å². The van der Waals surface area contributed by atoms with E-state index in [2.05, 4.69) is 12.2 Å². The van der Waals surface area contributed by atoms with E-state index in [1.165, 1.54) is 25.8 Å². The molecule has 0 aromatic carbocycles. The van der Waals surface area contributed by atoms with Crippen molar-refractivity contribution < 1.29 is 0 Å². The van der Waals surface area contributed by atoms with Gasteiger partial charge in [-0.25, -0.2) is 0 Å². The van der Waals surface area contributed by atoms with Crippen LogP contribution >= 0.6 is 0 Å². The molecule has 1 saturated carbocycles. The lowest BCUT2D eigenvalue weighted by Crippen LogP contribution is -2.52. The number of hydrogen-bond donors (Lipinski definition) is 2. The Balaban J connectivity index is 2.06. The topological polar surface area (TPSA) is 38.0 Å². The molecule has 3 fully saturated rings. The summed E-state index contributed by atoms with van der Waals surface area (Å²) in [7, 11) is 0. The van der Waals surface area contributed by atoms with Crippen molar-refractivity contribution >= 4 is 0 Å². The first-order valence-electron chi connectivity index (χ1n) is 4.19. The summed E-state index contributed by atoms with van der Waals surface area (Å²) in [4.78, 5) is 0. The van der Waals surface area contributed by atoms with Gasteiger partial charge in [-0.15, -0.1) is 0 Å². The van der Waals surface area contributed by atoms with Crippen LogP contribution in [0.4, 0.5) is 0 Å². The van der Waals surface area contributed by atoms with Gasteiger partial charge < -0.3 is 11.1 Å². The van der Waals surface area contributed by atoms with Gasteiger partial charge in [0.2, 0.25) is 0 Å². The number of nitrogens with one attached hydrogen (secondary N) is 1. The first-order valence-corrected chi connectivity index (χ1v) is 4.19. The normalized spacial score (nSPS) is 51.0. The van der Waals surface area contributed by atoms with Gasteiger partial charge >= 0.3 is 0 Å². The van der Waals surface area contributed by atoms with Gasteiger partial charge in [0.1, 0.15) is 0 Å². The van der Waals surface area contributed by atoms with Gasteiger partial charge in [-0.3, -0.25) is 0 Å². The summed E-state index contributed by atoms with van der Waals surface area (Å²) in [5, 5.41) is 3.52. The fourth-order valence-corrected chi connectivity index (χ4v) is 2.60. The van der Waals surface area contributed by atoms with Crippen molar-refractivity contribution in [1.29, 1.82) is 0 Å². The first-order chi connectivity index (χ1) is 4.74. The summed E-state index contributed by atoms with van der Waals surface area (Å²) in [6, 6.07) is 0. The van der Waals surface area contributed by atoms with E-state index in [0.29, 0.717) is 11.0 Å². The smallest absolute Gasteiger partial charge is 0.0315 e. The van der Waals surface area contributed by atoms with E-state index in [9.17, 15) is 0 Å². The molecule has 0 aromatic rings. The van der Waals surface area contributed by atoms with Gasteiger partial charge in [0.25, 0.3) is 0 Å². The Kier molecular flexibility index (Phi) is 1.15. The number of nitrogens with two attached hydrogens (primary N) is 1. The molecule has 3 N–H and O–H groups in total. The highest BCUT2D eigenvalue weighted by molar-refractivity contribution is 5.16. The molecule has 0 amide bonds. The minimum absolute atomic E-state index is 0.371. The Hall–Kier alpha value is -0.0800. The molecular formula is C8H16N2. The molecule has 3 aliphatic rings. The Morgan fingerprint density at radius 1 is 1.50 bits per heavy atom. The van der Waals surface area contributed by atoms with E-state index in [1.807, 2.05) is 0 Å². The molecule has 2 saturated heterocycles. The van der Waals surface area contributed by atoms with Crippen LogP contribution in [0, 0.1) is 5.41 Å². The van der Waals surface area contributed by atoms with Gasteiger partial charge in [0.15, 0.2) is 0 Å². The maximum absolute atomic E-state index is 5.66. The summed E-state index contributed by atoms with van der Waals surface area (Å²) < 4.78 is 0. The van der Waals surface area contributed by atoms with Crippen LogP contribution in [0.2, 0.25) is 0 Å². The molecule has 2 nitrogen and oxygen atoms in total. The molecule has 2 bridgehead atoms. The molecule has 2 heterocycles. The van der Waals surface area contributed by atoms with Gasteiger partial charge in [0, 0.05) is 18.6 Å². The lowest BCUT2D eigenvalue weighted by atomic mass is 9.61. The Bertz CT molecular complexity index is 131. The van der Waals surface area contributed by atoms with E-state index in [1.54, 1.807) is 0 Å². The fourth-order valence-electron chi connectivity index (χ4n) is 2.60. The third-order valence-electron chi connectivity index (χ3n) is 3.41. The molecule has 3 rings (SSSR count). The molecule has 0 spiro atoms. The monoisotopic (exact) mass is 140 g/mol. The zero-order valence-corrected chi connectivity index (χ0v) is 6.61. The third kappa shape index (κ3) is 0.611. The van der Waals surface area contributed by atoms with Crippen LogP contribution < -0.4 is 11.1 Å². The maximum Gasteiger partial charge on any atom is 0.0315 e. The van der Waals surface area contributed by atoms with Crippen molar-refractivity contribution in [1.82, 2.24) is 5.32 Å². The maximum atomic E-state index is 5.66. The predicted molar refractivity (Wildman–Crippen MR) is 41.7 cm³/mol. The van der Waals surface area contributed by atoms with Crippen LogP contribution in [0.15, 0.2) is 0 Å². The lowest BCUT2D eigenvalue weighted by Gasteiger charge is -2.45. The van der Waals surface area contributed by atoms with Gasteiger partial charge in [-0.05, 0) is 24.7 Å². The van der Waals surface area contributed by atoms with E-state index in [4.69, 9.17) is 5.73 Å². The van der Waals surface area contributed by atoms with E-state index < -0.39 is 0 Å². The predicted octanol–water partition coefficient (Wildman–Crippen LogP) is 0.477. The van der Waals surface area contributed by atoms with E-state index in [-0.39, 0.29) is 0 Å². The lowest BCUT2D eigenvalue weighted by molar-refractivity contribution is 0.114. The summed E-state index contributed by atoms with van der Waals surface area (Å²) in [6.07, 6.45) is 3.97. The summed E-state index contributed by atoms with van der Waals surface area (Å²) >= 11 is 0. The van der Waals surface area contributed by atoms with Crippen molar-refractivity contribution in [2.45, 2.75) is 31.7 Å². The Labute approximate surface area is 62.2 Å². The quantitative estimate of drug-likeness (QED) is 0.585. The van der Waals surface area contributed by atoms with Crippen LogP contribution in [0.3, 0.4) is 0 Å². The Morgan fingerprint density at radius 3 is 2.50 bits per heavy atom. The molecule has 1 aliphatic carbocycles. The zero-order valence-electron chi connectivity index (χ0n) is 6.61. The standard InChI is InChI=1S/C8H16N2/c1-2-7-3-8(4-7,5-9)10-6-7/h10H,2-6,9H2,1H3. The summed E-state index contributed by atoms with van der Waals surface area (Å²) in [6.45, 7) is 4.32. The highest BCUT2D eigenvalue weighted by atomic mass is 15.1. The van der Waals surface area contributed by atoms with Crippen molar-refractivity contribution in [2.75, 3.05) is 13.1 Å². The minimum Gasteiger partial charge on any atom is -0.329 e. The van der Waals surface area contributed by atoms with E-state index in [0.717, 1.165) is 6.54 Å². The van der Waals surface area contributed by atoms with Crippen LogP contribution in [-0.4, -0.2) is 18.6 Å². The number of hydrogen-bond acceptors (Lipinski definition) is 2. The molecular weight excluding hydrogens is 124 g/mol. The minimum atomic E-state index is 0.371. The summed E-state index contributed by atoms with van der Waals surface area (Å²) in [5.74, 6) is 0. The highest BCUT2D eigenvalue weighted by Crippen LogP contribution is 2.55. The zero-order chi connectivity index (χ0) is 7.24. The molecule has 0 radical (unpaired) electrons. The molecule has 10 heavy (non-hydrogen) atoms. The van der Waals surface area contributed by atoms with Gasteiger partial charge in [0.05, 0.1) is 0 Å². The van der Waals surface area contributed by atoms with Crippen molar-refractivity contribution in [3.8, 4) is 0 Å². The van der Waals surface area contributed by atoms with Crippen molar-refractivity contribution in [3.05, 3.63) is 0 Å². The third-order valence-corrected chi connectivity index (χ3v) is 3.41. The molecule has 0 unspecified atom stereocenters. The largest absolute Gasteiger partial charge is 0.329 e. The number of rotatable bonds is 2. The Morgan fingerprint density at radius 2 is 2.20 bits per heavy atom. The second-order valence-electron chi connectivity index (χ2n) is 4.05. The average molecular weight is 140 g/mol. The van der Waals surface area contributed by atoms with Gasteiger partial charge in [-0.1, -0.05) is 6.92 Å².